The molecule has 0 saturated carbocycles. The van der Waals surface area contributed by atoms with E-state index < -0.39 is 75.1 Å². The summed E-state index contributed by atoms with van der Waals surface area (Å²) in [6.07, 6.45) is 0. The molecule has 0 spiro atoms. The van der Waals surface area contributed by atoms with Crippen molar-refractivity contribution in [2.75, 3.05) is 158 Å². The lowest BCUT2D eigenvalue weighted by Crippen LogP contribution is -2.52. The van der Waals surface area contributed by atoms with E-state index in [9.17, 15) is 59.4 Å². The van der Waals surface area contributed by atoms with Crippen molar-refractivity contribution in [1.82, 2.24) is 9.80 Å². The summed E-state index contributed by atoms with van der Waals surface area (Å²) in [4.78, 5) is 61.2. The molecule has 0 heterocycles. The Morgan fingerprint density at radius 1 is 0.286 bits per heavy atom. The van der Waals surface area contributed by atoms with Gasteiger partial charge >= 0.3 is 0 Å². The third kappa shape index (κ3) is 71.6. The molecule has 0 rings (SSSR count). The zero-order valence-electron chi connectivity index (χ0n) is 32.5. The van der Waals surface area contributed by atoms with Crippen molar-refractivity contribution in [3.63, 3.8) is 0 Å². The molecule has 26 heteroatoms. The maximum Gasteiger partial charge on any atom is 0.0977 e. The van der Waals surface area contributed by atoms with Crippen LogP contribution in [0.2, 0.25) is 0 Å². The highest BCUT2D eigenvalue weighted by Crippen LogP contribution is 1.86. The quantitative estimate of drug-likeness (QED) is 0.0334. The third-order valence-electron chi connectivity index (χ3n) is 4.96. The summed E-state index contributed by atoms with van der Waals surface area (Å²) in [6, 6.07) is 0. The smallest absolute Gasteiger partial charge is 0.0977 e. The van der Waals surface area contributed by atoms with Crippen LogP contribution >= 0.6 is 0 Å². The Balaban J connectivity index is -0.000000195. The van der Waals surface area contributed by atoms with Crippen LogP contribution in [0, 0.1) is 0 Å². The van der Waals surface area contributed by atoms with E-state index in [-0.39, 0.29) is 0 Å². The van der Waals surface area contributed by atoms with E-state index in [2.05, 4.69) is 34.4 Å². The molecule has 0 saturated heterocycles. The average molecular weight is 827 g/mol. The molecule has 0 aromatic heterocycles. The minimum Gasteiger partial charge on any atom is -0.549 e. The molecule has 0 aliphatic carbocycles. The van der Waals surface area contributed by atoms with Crippen LogP contribution in [0.5, 0.6) is 0 Å². The summed E-state index contributed by atoms with van der Waals surface area (Å²) in [5.41, 5.74) is 21.9. The molecule has 0 aliphatic heterocycles. The van der Waals surface area contributed by atoms with Gasteiger partial charge in [-0.25, -0.2) is 0 Å². The normalized spacial score (nSPS) is 10.1. The van der Waals surface area contributed by atoms with Gasteiger partial charge in [-0.05, 0) is 0 Å². The predicted molar refractivity (Wildman–Crippen MR) is 174 cm³/mol. The van der Waals surface area contributed by atoms with Gasteiger partial charge in [-0.15, -0.1) is 0 Å². The number of carboxylic acids is 6. The first-order valence-corrected chi connectivity index (χ1v) is 17.4. The molecule has 334 valence electrons. The summed E-state index contributed by atoms with van der Waals surface area (Å²) in [7, 11) is 0. The highest BCUT2D eigenvalue weighted by Gasteiger charge is 2.06. The van der Waals surface area contributed by atoms with Crippen LogP contribution in [0.4, 0.5) is 0 Å². The number of hydrogen-bond acceptors (Lipinski definition) is 20. The number of carbonyl (C=O) groups excluding carboxylic acids is 6. The minimum absolute atomic E-state index is 0.611. The van der Waals surface area contributed by atoms with Crippen LogP contribution in [0.25, 0.3) is 0 Å². The van der Waals surface area contributed by atoms with Gasteiger partial charge in [-0.1, -0.05) is 0 Å². The van der Waals surface area contributed by atoms with Crippen LogP contribution in [0.15, 0.2) is 0 Å². The van der Waals surface area contributed by atoms with Gasteiger partial charge in [-0.2, -0.15) is 0 Å². The number of quaternary nitrogens is 6. The zero-order valence-corrected chi connectivity index (χ0v) is 32.5. The van der Waals surface area contributed by atoms with E-state index >= 15 is 0 Å². The van der Waals surface area contributed by atoms with E-state index in [1.54, 1.807) is 0 Å². The fraction of sp³-hybridized carbons (Fsp3) is 0.800. The molecule has 56 heavy (non-hydrogen) atoms. The Bertz CT molecular complexity index is 757. The van der Waals surface area contributed by atoms with Crippen molar-refractivity contribution < 1.29 is 122 Å². The minimum atomic E-state index is -1.57. The van der Waals surface area contributed by atoms with Crippen molar-refractivity contribution in [1.29, 1.82) is 0 Å². The zero-order chi connectivity index (χ0) is 43.8. The summed E-state index contributed by atoms with van der Waals surface area (Å²) < 4.78 is 30.7. The van der Waals surface area contributed by atoms with Gasteiger partial charge in [0.1, 0.15) is 0 Å². The predicted octanol–water partition coefficient (Wildman–Crippen LogP) is -18.4. The molecular formula is C30H66N8O18. The number of aliphatic carboxylic acids is 6. The molecular weight excluding hydrogens is 760 g/mol. The second-order valence-electron chi connectivity index (χ2n) is 10.3. The summed E-state index contributed by atoms with van der Waals surface area (Å²) >= 11 is 0. The molecule has 26 nitrogen and oxygen atoms in total. The van der Waals surface area contributed by atoms with Crippen LogP contribution in [0.1, 0.15) is 0 Å². The Hall–Kier alpha value is -3.74. The van der Waals surface area contributed by atoms with Gasteiger partial charge in [-0.3, -0.25) is 9.80 Å². The summed E-state index contributed by atoms with van der Waals surface area (Å²) in [5, 5.41) is 60.0. The molecule has 0 bridgehead atoms. The first-order chi connectivity index (χ1) is 26.6. The Morgan fingerprint density at radius 2 is 0.411 bits per heavy atom. The van der Waals surface area contributed by atoms with E-state index in [0.29, 0.717) is 49.4 Å². The van der Waals surface area contributed by atoms with Gasteiger partial charge in [0.15, 0.2) is 0 Å². The van der Waals surface area contributed by atoms with E-state index in [1.807, 2.05) is 0 Å². The Morgan fingerprint density at radius 3 is 0.500 bits per heavy atom. The number of rotatable bonds is 33. The molecule has 0 atom stereocenters. The van der Waals surface area contributed by atoms with Crippen molar-refractivity contribution >= 4 is 35.8 Å². The largest absolute Gasteiger partial charge is 0.549 e. The lowest BCUT2D eigenvalue weighted by molar-refractivity contribution is -0.376. The Labute approximate surface area is 325 Å². The van der Waals surface area contributed by atoms with Crippen molar-refractivity contribution in [2.24, 2.45) is 0 Å². The second-order valence-corrected chi connectivity index (χ2v) is 10.3. The maximum atomic E-state index is 9.99. The molecule has 0 radical (unpaired) electrons. The highest BCUT2D eigenvalue weighted by atomic mass is 16.5. The molecule has 0 fully saturated rings. The van der Waals surface area contributed by atoms with Gasteiger partial charge in [0.2, 0.25) is 0 Å². The molecule has 0 aliphatic rings. The fourth-order valence-electron chi connectivity index (χ4n) is 3.01. The highest BCUT2D eigenvalue weighted by molar-refractivity contribution is 5.74. The van der Waals surface area contributed by atoms with Crippen LogP contribution in [0.3, 0.4) is 0 Å². The number of hydrogen-bond donors (Lipinski definition) is 6. The van der Waals surface area contributed by atoms with Gasteiger partial charge in [0, 0.05) is 39.3 Å². The number of carbonyl (C=O) groups is 6. The van der Waals surface area contributed by atoms with E-state index in [0.717, 1.165) is 78.9 Å². The number of carboxylic acid groups (broad SMARTS) is 6. The SMILES string of the molecule is O=C([O-])CN(CC(=O)[O-])CC(=O)[O-].O=C([O-])CN(CC(=O)[O-])CC(=O)[O-].[NH3+]CCOCCOCC[NH3+].[NH3+]CCOCCOCC[NH3+].[NH3+]CCOCCOCC[NH3+]. The van der Waals surface area contributed by atoms with E-state index in [4.69, 9.17) is 28.4 Å². The van der Waals surface area contributed by atoms with Crippen LogP contribution in [-0.4, -0.2) is 203 Å². The first kappa shape index (κ1) is 61.5. The lowest BCUT2D eigenvalue weighted by Gasteiger charge is -2.23. The van der Waals surface area contributed by atoms with Crippen molar-refractivity contribution in [2.45, 2.75) is 0 Å². The summed E-state index contributed by atoms with van der Waals surface area (Å²) in [5.74, 6) is -9.40. The van der Waals surface area contributed by atoms with Crippen molar-refractivity contribution in [3.8, 4) is 0 Å². The molecule has 18 N–H and O–H groups in total. The number of nitrogens with zero attached hydrogens (tertiary/aromatic N) is 2. The Kier molecular flexibility index (Phi) is 56.3. The standard InChI is InChI=1S/3C6H16N2O2.2C6H9NO6/c3*7-1-3-9-5-6-10-4-2-8;2*8-4(9)1-7(2-5(10)11)3-6(12)13/h3*1-8H2;2*1-3H2,(H,8,9)(H,10,11)(H,12,13). The second kappa shape index (κ2) is 51.3. The van der Waals surface area contributed by atoms with Crippen LogP contribution < -0.4 is 65.0 Å². The fourth-order valence-corrected chi connectivity index (χ4v) is 3.01. The van der Waals surface area contributed by atoms with Gasteiger partial charge in [0.05, 0.1) is 154 Å². The average Bonchev–Trinajstić information content (AvgIpc) is 3.09. The van der Waals surface area contributed by atoms with Crippen LogP contribution in [-0.2, 0) is 57.2 Å². The lowest BCUT2D eigenvalue weighted by atomic mass is 10.4. The topological polar surface area (TPSA) is 468 Å². The first-order valence-electron chi connectivity index (χ1n) is 17.4. The van der Waals surface area contributed by atoms with Crippen molar-refractivity contribution in [3.05, 3.63) is 0 Å². The van der Waals surface area contributed by atoms with E-state index in [1.165, 1.54) is 0 Å². The molecule has 0 amide bonds. The number of ether oxygens (including phenoxy) is 6. The van der Waals surface area contributed by atoms with Gasteiger partial charge < -0.3 is 122 Å². The molecule has 0 aromatic rings. The molecule has 0 unspecified atom stereocenters. The third-order valence-corrected chi connectivity index (χ3v) is 4.96. The van der Waals surface area contributed by atoms with Gasteiger partial charge in [0.25, 0.3) is 0 Å². The summed E-state index contributed by atoms with van der Waals surface area (Å²) in [6.45, 7) is 8.67. The maximum absolute atomic E-state index is 9.99. The monoisotopic (exact) mass is 826 g/mol. The molecule has 0 aromatic carbocycles.